The highest BCUT2D eigenvalue weighted by atomic mass is 16.4. The van der Waals surface area contributed by atoms with Gasteiger partial charge in [-0.15, -0.1) is 0 Å². The summed E-state index contributed by atoms with van der Waals surface area (Å²) in [6.07, 6.45) is 0.238. The quantitative estimate of drug-likeness (QED) is 0.184. The van der Waals surface area contributed by atoms with Crippen molar-refractivity contribution in [2.45, 2.75) is 44.5 Å². The molecular weight excluding hydrogens is 494 g/mol. The summed E-state index contributed by atoms with van der Waals surface area (Å²) < 4.78 is 0.819. The smallest absolute Gasteiger partial charge is 0.329 e. The summed E-state index contributed by atoms with van der Waals surface area (Å²) in [7, 11) is 0. The maximum Gasteiger partial charge on any atom is 0.329 e. The van der Waals surface area contributed by atoms with E-state index in [4.69, 9.17) is 0 Å². The molecule has 0 spiro atoms. The molecule has 1 unspecified atom stereocenters. The van der Waals surface area contributed by atoms with Crippen molar-refractivity contribution in [3.05, 3.63) is 81.1 Å². The van der Waals surface area contributed by atoms with Gasteiger partial charge < -0.3 is 30.8 Å². The van der Waals surface area contributed by atoms with Crippen molar-refractivity contribution in [2.75, 3.05) is 0 Å². The number of rotatable bonds is 9. The predicted octanol–water partition coefficient (Wildman–Crippen LogP) is 0.410. The van der Waals surface area contributed by atoms with Crippen molar-refractivity contribution in [3.8, 4) is 0 Å². The number of benzene rings is 2. The minimum atomic E-state index is -1.59. The maximum absolute atomic E-state index is 13.5. The van der Waals surface area contributed by atoms with Crippen LogP contribution in [0.4, 0.5) is 0 Å². The summed E-state index contributed by atoms with van der Waals surface area (Å²) >= 11 is 0. The number of aromatic nitrogens is 3. The van der Waals surface area contributed by atoms with Gasteiger partial charge in [0.2, 0.25) is 11.8 Å². The van der Waals surface area contributed by atoms with Crippen LogP contribution in [0.1, 0.15) is 25.5 Å². The highest BCUT2D eigenvalue weighted by molar-refractivity contribution is 5.92. The van der Waals surface area contributed by atoms with Gasteiger partial charge in [0.1, 0.15) is 12.1 Å². The largest absolute Gasteiger partial charge is 0.480 e. The van der Waals surface area contributed by atoms with E-state index < -0.39 is 53.3 Å². The van der Waals surface area contributed by atoms with Gasteiger partial charge in [-0.05, 0) is 37.6 Å². The molecule has 2 aromatic carbocycles. The highest BCUT2D eigenvalue weighted by Gasteiger charge is 2.31. The number of nitrogens with one attached hydrogen (secondary N) is 4. The van der Waals surface area contributed by atoms with E-state index in [9.17, 15) is 34.2 Å². The summed E-state index contributed by atoms with van der Waals surface area (Å²) in [5.74, 6) is -3.11. The number of nitrogens with zero attached hydrogens (tertiary/aromatic N) is 1. The average Bonchev–Trinajstić information content (AvgIpc) is 3.28. The van der Waals surface area contributed by atoms with Crippen LogP contribution in [-0.2, 0) is 20.8 Å². The van der Waals surface area contributed by atoms with Crippen molar-refractivity contribution in [1.29, 1.82) is 0 Å². The van der Waals surface area contributed by atoms with E-state index in [0.29, 0.717) is 11.1 Å². The average molecular weight is 522 g/mol. The van der Waals surface area contributed by atoms with Crippen LogP contribution in [0, 0.1) is 0 Å². The molecule has 0 bridgehead atoms. The lowest BCUT2D eigenvalue weighted by Gasteiger charge is -2.23. The van der Waals surface area contributed by atoms with E-state index in [0.717, 1.165) is 15.5 Å². The Hall–Kier alpha value is -4.71. The summed E-state index contributed by atoms with van der Waals surface area (Å²) in [6.45, 7) is 2.53. The number of hydrogen-bond acceptors (Lipinski definition) is 6. The molecule has 0 saturated carbocycles. The van der Waals surface area contributed by atoms with Crippen LogP contribution in [0.2, 0.25) is 0 Å². The fourth-order valence-electron chi connectivity index (χ4n) is 4.31. The molecule has 0 saturated heterocycles. The van der Waals surface area contributed by atoms with Crippen LogP contribution in [0.15, 0.2) is 64.3 Å². The molecule has 4 aromatic rings. The molecule has 2 heterocycles. The van der Waals surface area contributed by atoms with E-state index in [1.807, 2.05) is 24.3 Å². The van der Waals surface area contributed by atoms with Crippen LogP contribution < -0.4 is 21.9 Å². The van der Waals surface area contributed by atoms with Gasteiger partial charge in [-0.2, -0.15) is 0 Å². The van der Waals surface area contributed by atoms with Crippen molar-refractivity contribution >= 4 is 39.6 Å². The molecule has 0 aliphatic heterocycles. The zero-order valence-electron chi connectivity index (χ0n) is 20.6. The Bertz CT molecular complexity index is 1630. The Morgan fingerprint density at radius 1 is 0.921 bits per heavy atom. The second-order valence-corrected chi connectivity index (χ2v) is 9.03. The van der Waals surface area contributed by atoms with E-state index in [-0.39, 0.29) is 11.8 Å². The number of carbonyl (C=O) groups is 3. The van der Waals surface area contributed by atoms with Gasteiger partial charge in [-0.25, -0.2) is 14.2 Å². The number of para-hydroxylation sites is 2. The first-order valence-electron chi connectivity index (χ1n) is 11.9. The molecule has 0 aliphatic carbocycles. The third-order valence-corrected chi connectivity index (χ3v) is 6.34. The molecular formula is C26H27N5O7. The van der Waals surface area contributed by atoms with Gasteiger partial charge in [0.05, 0.1) is 17.0 Å². The van der Waals surface area contributed by atoms with Crippen LogP contribution in [0.25, 0.3) is 21.8 Å². The Morgan fingerprint density at radius 2 is 1.55 bits per heavy atom. The highest BCUT2D eigenvalue weighted by Crippen LogP contribution is 2.22. The van der Waals surface area contributed by atoms with Gasteiger partial charge in [-0.1, -0.05) is 30.3 Å². The number of fused-ring (bicyclic) bond motifs is 2. The first-order valence-corrected chi connectivity index (χ1v) is 11.9. The second-order valence-electron chi connectivity index (χ2n) is 9.03. The number of carboxylic acids is 1. The van der Waals surface area contributed by atoms with Crippen molar-refractivity contribution in [2.24, 2.45) is 0 Å². The third kappa shape index (κ3) is 5.20. The molecule has 12 heteroatoms. The molecule has 4 atom stereocenters. The number of amides is 2. The van der Waals surface area contributed by atoms with Gasteiger partial charge in [0, 0.05) is 23.5 Å². The fraction of sp³-hybridized carbons (Fsp3) is 0.269. The molecule has 198 valence electrons. The monoisotopic (exact) mass is 521 g/mol. The van der Waals surface area contributed by atoms with Crippen molar-refractivity contribution < 1.29 is 24.6 Å². The minimum Gasteiger partial charge on any atom is -0.480 e. The third-order valence-electron chi connectivity index (χ3n) is 6.34. The van der Waals surface area contributed by atoms with Gasteiger partial charge in [-0.3, -0.25) is 14.4 Å². The SMILES string of the molecule is CC(O)[C@H](NC(=O)[C@H](C)NC(=O)[C@H](Cc1c[nH]c2ccccc12)n1c(=O)[nH]c2ccccc2c1=O)C(=O)O. The maximum atomic E-state index is 13.5. The molecule has 2 amide bonds. The molecule has 2 aromatic heterocycles. The lowest BCUT2D eigenvalue weighted by Crippen LogP contribution is -2.55. The van der Waals surface area contributed by atoms with Crippen LogP contribution >= 0.6 is 0 Å². The molecule has 6 N–H and O–H groups in total. The summed E-state index contributed by atoms with van der Waals surface area (Å²) in [5, 5.41) is 24.5. The normalized spacial score (nSPS) is 14.5. The zero-order chi connectivity index (χ0) is 27.6. The Morgan fingerprint density at radius 3 is 2.21 bits per heavy atom. The van der Waals surface area contributed by atoms with Crippen LogP contribution in [0.5, 0.6) is 0 Å². The van der Waals surface area contributed by atoms with Crippen LogP contribution in [-0.4, -0.2) is 60.7 Å². The summed E-state index contributed by atoms with van der Waals surface area (Å²) in [4.78, 5) is 69.7. The fourth-order valence-corrected chi connectivity index (χ4v) is 4.31. The molecule has 0 radical (unpaired) electrons. The topological polar surface area (TPSA) is 186 Å². The van der Waals surface area contributed by atoms with Crippen molar-refractivity contribution in [3.63, 3.8) is 0 Å². The number of hydrogen-bond donors (Lipinski definition) is 6. The second kappa shape index (κ2) is 10.7. The van der Waals surface area contributed by atoms with Gasteiger partial charge in [0.25, 0.3) is 5.56 Å². The van der Waals surface area contributed by atoms with Crippen molar-refractivity contribution in [1.82, 2.24) is 25.2 Å². The summed E-state index contributed by atoms with van der Waals surface area (Å²) in [5.41, 5.74) is 0.298. The van der Waals surface area contributed by atoms with Gasteiger partial charge >= 0.3 is 11.7 Å². The van der Waals surface area contributed by atoms with Gasteiger partial charge in [0.15, 0.2) is 6.04 Å². The molecule has 0 fully saturated rings. The number of aromatic amines is 2. The van der Waals surface area contributed by atoms with E-state index in [1.165, 1.54) is 19.9 Å². The number of carbonyl (C=O) groups excluding carboxylic acids is 2. The first kappa shape index (κ1) is 26.4. The number of aliphatic carboxylic acids is 1. The standard InChI is InChI=1S/C26H27N5O7/c1-13(22(33)30-21(14(2)32)25(36)37)28-23(34)20(11-15-12-27-18-9-5-3-7-16(15)18)31-24(35)17-8-4-6-10-19(17)29-26(31)38/h3-10,12-14,20-21,27,32H,11H2,1-2H3,(H,28,34)(H,29,38)(H,30,33)(H,36,37)/t13-,14?,20-,21-/m0/s1. The summed E-state index contributed by atoms with van der Waals surface area (Å²) in [6, 6.07) is 9.55. The Kier molecular flexibility index (Phi) is 7.44. The molecule has 38 heavy (non-hydrogen) atoms. The van der Waals surface area contributed by atoms with E-state index in [2.05, 4.69) is 20.6 Å². The zero-order valence-corrected chi connectivity index (χ0v) is 20.6. The van der Waals surface area contributed by atoms with Crippen LogP contribution in [0.3, 0.4) is 0 Å². The number of carboxylic acid groups (broad SMARTS) is 1. The molecule has 12 nitrogen and oxygen atoms in total. The molecule has 0 aliphatic rings. The van der Waals surface area contributed by atoms with E-state index >= 15 is 0 Å². The number of H-pyrrole nitrogens is 2. The Labute approximate surface area is 215 Å². The number of aliphatic hydroxyl groups excluding tert-OH is 1. The predicted molar refractivity (Wildman–Crippen MR) is 139 cm³/mol. The Balaban J connectivity index is 1.71. The first-order chi connectivity index (χ1) is 18.1. The minimum absolute atomic E-state index is 0.0586. The lowest BCUT2D eigenvalue weighted by atomic mass is 10.0. The van der Waals surface area contributed by atoms with E-state index in [1.54, 1.807) is 24.4 Å². The number of aliphatic hydroxyl groups is 1. The molecule has 4 rings (SSSR count). The lowest BCUT2D eigenvalue weighted by molar-refractivity contribution is -0.145.